The van der Waals surface area contributed by atoms with E-state index in [9.17, 15) is 4.79 Å². The molecule has 1 heterocycles. The number of halogens is 1. The van der Waals surface area contributed by atoms with Gasteiger partial charge in [-0.3, -0.25) is 4.79 Å². The van der Waals surface area contributed by atoms with Crippen LogP contribution in [0.1, 0.15) is 9.67 Å². The minimum atomic E-state index is -0.142. The zero-order valence-electron chi connectivity index (χ0n) is 7.17. The maximum Gasteiger partial charge on any atom is 0.262 e. The number of hydrogen-bond acceptors (Lipinski definition) is 3. The molecule has 1 aromatic heterocycles. The van der Waals surface area contributed by atoms with Gasteiger partial charge in [-0.25, -0.2) is 0 Å². The van der Waals surface area contributed by atoms with E-state index in [-0.39, 0.29) is 5.91 Å². The van der Waals surface area contributed by atoms with Crippen LogP contribution in [0.2, 0.25) is 5.02 Å². The lowest BCUT2D eigenvalue weighted by Gasteiger charge is -2.02. The van der Waals surface area contributed by atoms with Gasteiger partial charge in [0.1, 0.15) is 4.88 Å². The van der Waals surface area contributed by atoms with E-state index >= 15 is 0 Å². The molecule has 0 aromatic carbocycles. The van der Waals surface area contributed by atoms with Gasteiger partial charge in [-0.1, -0.05) is 11.6 Å². The van der Waals surface area contributed by atoms with Crippen molar-refractivity contribution in [3.63, 3.8) is 0 Å². The SMILES string of the molecule is COCCNC(=O)c1sccc1Cl. The standard InChI is InChI=1S/C8H10ClNO2S/c1-12-4-3-10-8(11)7-6(9)2-5-13-7/h2,5H,3-4H2,1H3,(H,10,11). The van der Waals surface area contributed by atoms with Crippen molar-refractivity contribution in [1.29, 1.82) is 0 Å². The molecule has 0 bridgehead atoms. The number of nitrogens with one attached hydrogen (secondary N) is 1. The maximum atomic E-state index is 11.4. The molecular weight excluding hydrogens is 210 g/mol. The lowest BCUT2D eigenvalue weighted by molar-refractivity contribution is 0.0941. The number of carbonyl (C=O) groups excluding carboxylic acids is 1. The van der Waals surface area contributed by atoms with Crippen molar-refractivity contribution >= 4 is 28.8 Å². The van der Waals surface area contributed by atoms with Gasteiger partial charge in [0.2, 0.25) is 0 Å². The van der Waals surface area contributed by atoms with Gasteiger partial charge in [0.05, 0.1) is 11.6 Å². The van der Waals surface area contributed by atoms with Gasteiger partial charge in [-0.05, 0) is 11.4 Å². The largest absolute Gasteiger partial charge is 0.383 e. The Hall–Kier alpha value is -0.580. The number of rotatable bonds is 4. The second kappa shape index (κ2) is 5.21. The van der Waals surface area contributed by atoms with Gasteiger partial charge in [0.25, 0.3) is 5.91 Å². The van der Waals surface area contributed by atoms with Gasteiger partial charge in [0.15, 0.2) is 0 Å². The summed E-state index contributed by atoms with van der Waals surface area (Å²) in [6.07, 6.45) is 0. The van der Waals surface area contributed by atoms with E-state index in [0.717, 1.165) is 0 Å². The van der Waals surface area contributed by atoms with Gasteiger partial charge in [-0.15, -0.1) is 11.3 Å². The molecule has 1 amide bonds. The molecular formula is C8H10ClNO2S. The first-order valence-electron chi connectivity index (χ1n) is 3.76. The van der Waals surface area contributed by atoms with Crippen molar-refractivity contribution < 1.29 is 9.53 Å². The first-order valence-corrected chi connectivity index (χ1v) is 5.01. The Morgan fingerprint density at radius 2 is 2.54 bits per heavy atom. The summed E-state index contributed by atoms with van der Waals surface area (Å²) >= 11 is 7.10. The van der Waals surface area contributed by atoms with Gasteiger partial charge >= 0.3 is 0 Å². The number of thiophene rings is 1. The number of hydrogen-bond donors (Lipinski definition) is 1. The summed E-state index contributed by atoms with van der Waals surface area (Å²) in [5, 5.41) is 4.97. The van der Waals surface area contributed by atoms with Crippen molar-refractivity contribution in [2.75, 3.05) is 20.3 Å². The second-order valence-corrected chi connectivity index (χ2v) is 3.67. The van der Waals surface area contributed by atoms with E-state index in [1.165, 1.54) is 11.3 Å². The Balaban J connectivity index is 2.45. The van der Waals surface area contributed by atoms with E-state index in [1.807, 2.05) is 0 Å². The monoisotopic (exact) mass is 219 g/mol. The molecule has 5 heteroatoms. The molecule has 1 aromatic rings. The highest BCUT2D eigenvalue weighted by Gasteiger charge is 2.10. The number of ether oxygens (including phenoxy) is 1. The van der Waals surface area contributed by atoms with E-state index < -0.39 is 0 Å². The Labute approximate surface area is 85.7 Å². The Bertz CT molecular complexity index is 287. The number of amides is 1. The molecule has 13 heavy (non-hydrogen) atoms. The molecule has 72 valence electrons. The third-order valence-electron chi connectivity index (χ3n) is 1.42. The highest BCUT2D eigenvalue weighted by atomic mass is 35.5. The topological polar surface area (TPSA) is 38.3 Å². The molecule has 0 aliphatic carbocycles. The third kappa shape index (κ3) is 2.99. The van der Waals surface area contributed by atoms with Crippen LogP contribution in [0.4, 0.5) is 0 Å². The summed E-state index contributed by atoms with van der Waals surface area (Å²) in [6, 6.07) is 1.71. The lowest BCUT2D eigenvalue weighted by Crippen LogP contribution is -2.26. The second-order valence-electron chi connectivity index (χ2n) is 2.35. The molecule has 0 saturated heterocycles. The average molecular weight is 220 g/mol. The van der Waals surface area contributed by atoms with Crippen molar-refractivity contribution in [2.45, 2.75) is 0 Å². The first-order chi connectivity index (χ1) is 6.25. The van der Waals surface area contributed by atoms with E-state index in [4.69, 9.17) is 16.3 Å². The van der Waals surface area contributed by atoms with Crippen LogP contribution in [0, 0.1) is 0 Å². The molecule has 1 rings (SSSR count). The zero-order chi connectivity index (χ0) is 9.68. The van der Waals surface area contributed by atoms with Crippen LogP contribution >= 0.6 is 22.9 Å². The quantitative estimate of drug-likeness (QED) is 0.784. The fourth-order valence-electron chi connectivity index (χ4n) is 0.803. The van der Waals surface area contributed by atoms with Crippen LogP contribution in [0.3, 0.4) is 0 Å². The zero-order valence-corrected chi connectivity index (χ0v) is 8.74. The number of carbonyl (C=O) groups is 1. The molecule has 1 N–H and O–H groups in total. The van der Waals surface area contributed by atoms with E-state index in [1.54, 1.807) is 18.6 Å². The van der Waals surface area contributed by atoms with Crippen LogP contribution < -0.4 is 5.32 Å². The van der Waals surface area contributed by atoms with Crippen LogP contribution in [0.5, 0.6) is 0 Å². The Morgan fingerprint density at radius 1 is 1.77 bits per heavy atom. The summed E-state index contributed by atoms with van der Waals surface area (Å²) < 4.78 is 4.80. The van der Waals surface area contributed by atoms with Gasteiger partial charge < -0.3 is 10.1 Å². The summed E-state index contributed by atoms with van der Waals surface area (Å²) in [5.74, 6) is -0.142. The molecule has 0 unspecified atom stereocenters. The Morgan fingerprint density at radius 3 is 3.08 bits per heavy atom. The van der Waals surface area contributed by atoms with E-state index in [0.29, 0.717) is 23.1 Å². The van der Waals surface area contributed by atoms with Crippen molar-refractivity contribution in [2.24, 2.45) is 0 Å². The summed E-state index contributed by atoms with van der Waals surface area (Å²) in [4.78, 5) is 11.9. The molecule has 0 aliphatic heterocycles. The maximum absolute atomic E-state index is 11.4. The highest BCUT2D eigenvalue weighted by Crippen LogP contribution is 2.21. The average Bonchev–Trinajstić information content (AvgIpc) is 2.52. The van der Waals surface area contributed by atoms with Crippen LogP contribution in [-0.2, 0) is 4.74 Å². The molecule has 0 radical (unpaired) electrons. The molecule has 3 nitrogen and oxygen atoms in total. The summed E-state index contributed by atoms with van der Waals surface area (Å²) in [6.45, 7) is 1.01. The molecule has 0 saturated carbocycles. The van der Waals surface area contributed by atoms with Crippen LogP contribution in [-0.4, -0.2) is 26.2 Å². The highest BCUT2D eigenvalue weighted by molar-refractivity contribution is 7.12. The summed E-state index contributed by atoms with van der Waals surface area (Å²) in [7, 11) is 1.59. The van der Waals surface area contributed by atoms with Gasteiger partial charge in [-0.2, -0.15) is 0 Å². The van der Waals surface area contributed by atoms with Crippen molar-refractivity contribution in [3.05, 3.63) is 21.3 Å². The summed E-state index contributed by atoms with van der Waals surface area (Å²) in [5.41, 5.74) is 0. The fourth-order valence-corrected chi connectivity index (χ4v) is 1.86. The van der Waals surface area contributed by atoms with Gasteiger partial charge in [0, 0.05) is 13.7 Å². The van der Waals surface area contributed by atoms with Crippen molar-refractivity contribution in [3.8, 4) is 0 Å². The molecule has 0 atom stereocenters. The smallest absolute Gasteiger partial charge is 0.262 e. The molecule has 0 aliphatic rings. The molecule has 0 fully saturated rings. The normalized spacial score (nSPS) is 10.0. The Kier molecular flexibility index (Phi) is 4.21. The molecule has 0 spiro atoms. The first kappa shape index (κ1) is 10.5. The van der Waals surface area contributed by atoms with Crippen LogP contribution in [0.15, 0.2) is 11.4 Å². The number of methoxy groups -OCH3 is 1. The third-order valence-corrected chi connectivity index (χ3v) is 2.76. The van der Waals surface area contributed by atoms with E-state index in [2.05, 4.69) is 5.32 Å². The predicted molar refractivity (Wildman–Crippen MR) is 53.5 cm³/mol. The lowest BCUT2D eigenvalue weighted by atomic mass is 10.4. The predicted octanol–water partition coefficient (Wildman–Crippen LogP) is 1.78. The van der Waals surface area contributed by atoms with Crippen LogP contribution in [0.25, 0.3) is 0 Å². The minimum Gasteiger partial charge on any atom is -0.383 e. The minimum absolute atomic E-state index is 0.142. The van der Waals surface area contributed by atoms with Crippen molar-refractivity contribution in [1.82, 2.24) is 5.32 Å². The fraction of sp³-hybridized carbons (Fsp3) is 0.375.